The van der Waals surface area contributed by atoms with Crippen molar-refractivity contribution in [3.8, 4) is 0 Å². The van der Waals surface area contributed by atoms with Gasteiger partial charge in [-0.25, -0.2) is 4.79 Å². The highest BCUT2D eigenvalue weighted by Crippen LogP contribution is 2.37. The van der Waals surface area contributed by atoms with Crippen molar-refractivity contribution < 1.29 is 14.7 Å². The van der Waals surface area contributed by atoms with Crippen molar-refractivity contribution in [1.29, 1.82) is 0 Å². The third-order valence-electron chi connectivity index (χ3n) is 3.74. The number of aliphatic carboxylic acids is 1. The lowest BCUT2D eigenvalue weighted by atomic mass is 9.94. The molecular formula is C16H21NO3S. The number of carboxylic acids is 1. The standard InChI is InChI=1S/C16H21NO3S/c1-2-3-7-13(16(19)20)17-15(18)12-9-10-21-14-8-5-4-6-11(12)14/h4-6,8,12-13H,2-3,7,9-10H2,1H3,(H,17,18)(H,19,20). The summed E-state index contributed by atoms with van der Waals surface area (Å²) < 4.78 is 0. The SMILES string of the molecule is CCCCC(NC(=O)C1CCSc2ccccc21)C(=O)O. The number of rotatable bonds is 6. The van der Waals surface area contributed by atoms with Gasteiger partial charge in [0.15, 0.2) is 0 Å². The highest BCUT2D eigenvalue weighted by molar-refractivity contribution is 7.99. The maximum absolute atomic E-state index is 12.5. The predicted molar refractivity (Wildman–Crippen MR) is 83.6 cm³/mol. The Bertz CT molecular complexity index is 518. The Hall–Kier alpha value is -1.49. The molecule has 2 unspecified atom stereocenters. The van der Waals surface area contributed by atoms with Gasteiger partial charge in [0, 0.05) is 4.90 Å². The van der Waals surface area contributed by atoms with Crippen molar-refractivity contribution in [3.63, 3.8) is 0 Å². The molecule has 5 heteroatoms. The zero-order valence-electron chi connectivity index (χ0n) is 12.2. The van der Waals surface area contributed by atoms with E-state index in [0.717, 1.165) is 35.5 Å². The summed E-state index contributed by atoms with van der Waals surface area (Å²) in [7, 11) is 0. The Labute approximate surface area is 129 Å². The van der Waals surface area contributed by atoms with Gasteiger partial charge < -0.3 is 10.4 Å². The zero-order valence-corrected chi connectivity index (χ0v) is 13.0. The minimum absolute atomic E-state index is 0.161. The topological polar surface area (TPSA) is 66.4 Å². The van der Waals surface area contributed by atoms with Gasteiger partial charge in [-0.3, -0.25) is 4.79 Å². The summed E-state index contributed by atoms with van der Waals surface area (Å²) in [5, 5.41) is 11.9. The molecule has 1 aromatic rings. The number of carbonyl (C=O) groups excluding carboxylic acids is 1. The minimum atomic E-state index is -0.949. The lowest BCUT2D eigenvalue weighted by Gasteiger charge is -2.25. The summed E-state index contributed by atoms with van der Waals surface area (Å²) in [5.74, 6) is -0.450. The fourth-order valence-electron chi connectivity index (χ4n) is 2.55. The third-order valence-corrected chi connectivity index (χ3v) is 4.86. The quantitative estimate of drug-likeness (QED) is 0.848. The molecule has 0 saturated carbocycles. The molecule has 0 radical (unpaired) electrons. The molecule has 4 nitrogen and oxygen atoms in total. The van der Waals surface area contributed by atoms with Gasteiger partial charge in [-0.15, -0.1) is 11.8 Å². The first-order chi connectivity index (χ1) is 10.1. The Kier molecular flexibility index (Phi) is 5.67. The molecule has 1 amide bonds. The van der Waals surface area contributed by atoms with Gasteiger partial charge in [-0.05, 0) is 30.2 Å². The zero-order chi connectivity index (χ0) is 15.2. The van der Waals surface area contributed by atoms with E-state index < -0.39 is 12.0 Å². The normalized spacial score (nSPS) is 18.6. The average molecular weight is 307 g/mol. The van der Waals surface area contributed by atoms with Crippen molar-refractivity contribution in [2.24, 2.45) is 0 Å². The summed E-state index contributed by atoms with van der Waals surface area (Å²) in [6.07, 6.45) is 2.96. The highest BCUT2D eigenvalue weighted by atomic mass is 32.2. The molecule has 0 spiro atoms. The molecule has 21 heavy (non-hydrogen) atoms. The molecular weight excluding hydrogens is 286 g/mol. The van der Waals surface area contributed by atoms with Gasteiger partial charge in [0.05, 0.1) is 5.92 Å². The van der Waals surface area contributed by atoms with Crippen molar-refractivity contribution in [3.05, 3.63) is 29.8 Å². The molecule has 0 fully saturated rings. The van der Waals surface area contributed by atoms with Crippen molar-refractivity contribution in [2.45, 2.75) is 49.5 Å². The van der Waals surface area contributed by atoms with Gasteiger partial charge >= 0.3 is 5.97 Å². The second kappa shape index (κ2) is 7.50. The molecule has 1 aliphatic heterocycles. The van der Waals surface area contributed by atoms with Gasteiger partial charge in [-0.2, -0.15) is 0 Å². The number of nitrogens with one attached hydrogen (secondary N) is 1. The largest absolute Gasteiger partial charge is 0.480 e. The first kappa shape index (κ1) is 15.9. The summed E-state index contributed by atoms with van der Waals surface area (Å²) in [5.41, 5.74) is 1.02. The number of carbonyl (C=O) groups is 2. The molecule has 2 N–H and O–H groups in total. The maximum atomic E-state index is 12.5. The minimum Gasteiger partial charge on any atom is -0.480 e. The molecule has 0 bridgehead atoms. The number of carboxylic acid groups (broad SMARTS) is 1. The number of hydrogen-bond donors (Lipinski definition) is 2. The van der Waals surface area contributed by atoms with E-state index in [0.29, 0.717) is 6.42 Å². The van der Waals surface area contributed by atoms with Gasteiger partial charge in [0.25, 0.3) is 0 Å². The molecule has 114 valence electrons. The van der Waals surface area contributed by atoms with Crippen LogP contribution in [0.4, 0.5) is 0 Å². The van der Waals surface area contributed by atoms with E-state index in [1.165, 1.54) is 0 Å². The predicted octanol–water partition coefficient (Wildman–Crippen LogP) is 3.03. The van der Waals surface area contributed by atoms with Crippen LogP contribution in [0.2, 0.25) is 0 Å². The Morgan fingerprint density at radius 2 is 2.19 bits per heavy atom. The summed E-state index contributed by atoms with van der Waals surface area (Å²) in [6.45, 7) is 2.01. The number of benzene rings is 1. The molecule has 1 heterocycles. The number of unbranched alkanes of at least 4 members (excludes halogenated alkanes) is 1. The van der Waals surface area contributed by atoms with E-state index in [1.54, 1.807) is 11.8 Å². The summed E-state index contributed by atoms with van der Waals surface area (Å²) in [6, 6.07) is 7.10. The van der Waals surface area contributed by atoms with Gasteiger partial charge in [0.2, 0.25) is 5.91 Å². The van der Waals surface area contributed by atoms with E-state index in [-0.39, 0.29) is 11.8 Å². The van der Waals surface area contributed by atoms with Crippen LogP contribution < -0.4 is 5.32 Å². The highest BCUT2D eigenvalue weighted by Gasteiger charge is 2.29. The van der Waals surface area contributed by atoms with Crippen LogP contribution >= 0.6 is 11.8 Å². The van der Waals surface area contributed by atoms with Crippen molar-refractivity contribution in [2.75, 3.05) is 5.75 Å². The van der Waals surface area contributed by atoms with E-state index in [4.69, 9.17) is 0 Å². The van der Waals surface area contributed by atoms with Crippen LogP contribution in [0.1, 0.15) is 44.1 Å². The van der Waals surface area contributed by atoms with Crippen LogP contribution in [0, 0.1) is 0 Å². The molecule has 2 rings (SSSR count). The lowest BCUT2D eigenvalue weighted by molar-refractivity contribution is -0.142. The number of amides is 1. The Morgan fingerprint density at radius 1 is 1.43 bits per heavy atom. The summed E-state index contributed by atoms with van der Waals surface area (Å²) in [4.78, 5) is 24.8. The molecule has 0 aromatic heterocycles. The molecule has 2 atom stereocenters. The summed E-state index contributed by atoms with van der Waals surface area (Å²) >= 11 is 1.75. The first-order valence-corrected chi connectivity index (χ1v) is 8.37. The molecule has 0 aliphatic carbocycles. The molecule has 0 saturated heterocycles. The molecule has 1 aromatic carbocycles. The Morgan fingerprint density at radius 3 is 2.90 bits per heavy atom. The van der Waals surface area contributed by atoms with E-state index >= 15 is 0 Å². The number of hydrogen-bond acceptors (Lipinski definition) is 3. The third kappa shape index (κ3) is 4.00. The van der Waals surface area contributed by atoms with E-state index in [1.807, 2.05) is 31.2 Å². The fourth-order valence-corrected chi connectivity index (χ4v) is 3.68. The van der Waals surface area contributed by atoms with Gasteiger partial charge in [-0.1, -0.05) is 38.0 Å². The number of thioether (sulfide) groups is 1. The smallest absolute Gasteiger partial charge is 0.326 e. The van der Waals surface area contributed by atoms with Crippen molar-refractivity contribution in [1.82, 2.24) is 5.32 Å². The fraction of sp³-hybridized carbons (Fsp3) is 0.500. The van der Waals surface area contributed by atoms with E-state index in [2.05, 4.69) is 5.32 Å². The van der Waals surface area contributed by atoms with Crippen LogP contribution in [0.3, 0.4) is 0 Å². The van der Waals surface area contributed by atoms with Crippen LogP contribution in [0.5, 0.6) is 0 Å². The second-order valence-corrected chi connectivity index (χ2v) is 6.41. The monoisotopic (exact) mass is 307 g/mol. The van der Waals surface area contributed by atoms with Crippen LogP contribution in [0.25, 0.3) is 0 Å². The van der Waals surface area contributed by atoms with Crippen LogP contribution in [-0.4, -0.2) is 28.8 Å². The van der Waals surface area contributed by atoms with E-state index in [9.17, 15) is 14.7 Å². The van der Waals surface area contributed by atoms with Crippen LogP contribution in [0.15, 0.2) is 29.2 Å². The lowest BCUT2D eigenvalue weighted by Crippen LogP contribution is -2.43. The van der Waals surface area contributed by atoms with Gasteiger partial charge in [0.1, 0.15) is 6.04 Å². The molecule has 1 aliphatic rings. The average Bonchev–Trinajstić information content (AvgIpc) is 2.50. The van der Waals surface area contributed by atoms with Crippen LogP contribution in [-0.2, 0) is 9.59 Å². The van der Waals surface area contributed by atoms with Crippen molar-refractivity contribution >= 4 is 23.6 Å². The second-order valence-electron chi connectivity index (χ2n) is 5.27. The maximum Gasteiger partial charge on any atom is 0.326 e. The Balaban J connectivity index is 2.08. The number of fused-ring (bicyclic) bond motifs is 1. The first-order valence-electron chi connectivity index (χ1n) is 7.38.